The van der Waals surface area contributed by atoms with E-state index in [2.05, 4.69) is 16.8 Å². The first-order chi connectivity index (χ1) is 18.5. The number of aromatic nitrogens is 1. The van der Waals surface area contributed by atoms with Crippen LogP contribution in [-0.2, 0) is 14.3 Å². The number of primary amides is 1. The van der Waals surface area contributed by atoms with Crippen molar-refractivity contribution in [3.05, 3.63) is 34.7 Å². The summed E-state index contributed by atoms with van der Waals surface area (Å²) in [5.41, 5.74) is 7.92. The molecule has 3 saturated heterocycles. The van der Waals surface area contributed by atoms with E-state index in [0.717, 1.165) is 42.6 Å². The van der Waals surface area contributed by atoms with Crippen LogP contribution in [0.4, 0.5) is 5.13 Å². The lowest BCUT2D eigenvalue weighted by Gasteiger charge is -2.37. The van der Waals surface area contributed by atoms with Crippen molar-refractivity contribution < 1.29 is 19.1 Å². The van der Waals surface area contributed by atoms with Gasteiger partial charge in [-0.1, -0.05) is 33.8 Å². The molecule has 0 aliphatic carbocycles. The number of hydrogen-bond donors (Lipinski definition) is 1. The van der Waals surface area contributed by atoms with Gasteiger partial charge in [-0.25, -0.2) is 4.98 Å². The third-order valence-electron chi connectivity index (χ3n) is 8.85. The molecule has 4 heterocycles. The number of benzene rings is 1. The molecule has 3 aliphatic heterocycles. The fraction of sp³-hybridized carbons (Fsp3) is 0.586. The Balaban J connectivity index is 1.54. The molecule has 0 bridgehead atoms. The van der Waals surface area contributed by atoms with Gasteiger partial charge in [0.1, 0.15) is 12.6 Å². The highest BCUT2D eigenvalue weighted by Gasteiger charge is 2.53. The smallest absolute Gasteiger partial charge is 0.249 e. The summed E-state index contributed by atoms with van der Waals surface area (Å²) in [5, 5.41) is 3.00. The monoisotopic (exact) mass is 553 g/mol. The molecular weight excluding hydrogens is 514 g/mol. The maximum atomic E-state index is 14.4. The third kappa shape index (κ3) is 5.10. The predicted octanol–water partition coefficient (Wildman–Crippen LogP) is 3.00. The Labute approximate surface area is 234 Å². The number of Topliss-reactive ketones (excluding diaryl/α,β-unsaturated/α-hetero) is 1. The van der Waals surface area contributed by atoms with Gasteiger partial charge in [-0.2, -0.15) is 0 Å². The molecule has 2 N–H and O–H groups in total. The van der Waals surface area contributed by atoms with Gasteiger partial charge >= 0.3 is 0 Å². The zero-order valence-electron chi connectivity index (χ0n) is 23.5. The van der Waals surface area contributed by atoms with E-state index >= 15 is 0 Å². The SMILES string of the molecule is CCC(C)(C)[C@H](C(=O)N1C[C@H](C)[C@H]2OCC(=O)[C@H]21)c1cc(-c2csc(N3CCN(C)CC3)n2)ccc1C(N)=O. The van der Waals surface area contributed by atoms with Gasteiger partial charge < -0.3 is 25.2 Å². The Morgan fingerprint density at radius 2 is 1.95 bits per heavy atom. The van der Waals surface area contributed by atoms with E-state index in [9.17, 15) is 14.4 Å². The van der Waals surface area contributed by atoms with Gasteiger partial charge in [0.15, 0.2) is 10.9 Å². The first kappa shape index (κ1) is 27.7. The lowest BCUT2D eigenvalue weighted by Crippen LogP contribution is -2.47. The molecule has 1 aromatic heterocycles. The van der Waals surface area contributed by atoms with Crippen molar-refractivity contribution in [2.75, 3.05) is 51.3 Å². The normalized spacial score (nSPS) is 24.7. The van der Waals surface area contributed by atoms with Crippen molar-refractivity contribution in [3.63, 3.8) is 0 Å². The number of nitrogens with zero attached hydrogens (tertiary/aromatic N) is 4. The van der Waals surface area contributed by atoms with Gasteiger partial charge in [0.2, 0.25) is 11.8 Å². The number of piperazine rings is 1. The standard InChI is InChI=1S/C29H39N5O4S/c1-6-29(3,4)23(27(37)34-14-17(2)25-24(34)22(35)15-38-25)20-13-18(7-8-19(20)26(30)36)21-16-39-28(31-21)33-11-9-32(5)10-12-33/h7-8,13,16-17,23-25H,6,9-12,14-15H2,1-5H3,(H2,30,36)/t17-,23-,24+,25+/m0/s1. The molecule has 2 aromatic rings. The highest BCUT2D eigenvalue weighted by atomic mass is 32.1. The number of ether oxygens (including phenoxy) is 1. The largest absolute Gasteiger partial charge is 0.367 e. The van der Waals surface area contributed by atoms with Crippen LogP contribution in [0.25, 0.3) is 11.3 Å². The molecule has 3 fully saturated rings. The van der Waals surface area contributed by atoms with Gasteiger partial charge in [0, 0.05) is 55.1 Å². The van der Waals surface area contributed by atoms with Crippen molar-refractivity contribution in [1.29, 1.82) is 0 Å². The Bertz CT molecular complexity index is 1270. The number of thiazole rings is 1. The van der Waals surface area contributed by atoms with Crippen molar-refractivity contribution in [2.24, 2.45) is 17.1 Å². The van der Waals surface area contributed by atoms with Crippen LogP contribution in [-0.4, -0.2) is 90.9 Å². The number of rotatable bonds is 7. The second-order valence-electron chi connectivity index (χ2n) is 11.9. The minimum Gasteiger partial charge on any atom is -0.367 e. The number of anilines is 1. The van der Waals surface area contributed by atoms with Crippen LogP contribution in [0.2, 0.25) is 0 Å². The highest BCUT2D eigenvalue weighted by Crippen LogP contribution is 2.44. The minimum atomic E-state index is -0.667. The van der Waals surface area contributed by atoms with Crippen LogP contribution in [0.15, 0.2) is 23.6 Å². The van der Waals surface area contributed by atoms with E-state index in [-0.39, 0.29) is 30.3 Å². The van der Waals surface area contributed by atoms with E-state index in [1.165, 1.54) is 0 Å². The van der Waals surface area contributed by atoms with E-state index in [1.807, 2.05) is 45.2 Å². The topological polar surface area (TPSA) is 109 Å². The number of fused-ring (bicyclic) bond motifs is 1. The highest BCUT2D eigenvalue weighted by molar-refractivity contribution is 7.14. The summed E-state index contributed by atoms with van der Waals surface area (Å²) in [6.45, 7) is 12.4. The summed E-state index contributed by atoms with van der Waals surface area (Å²) in [7, 11) is 2.13. The predicted molar refractivity (Wildman–Crippen MR) is 152 cm³/mol. The molecule has 1 aromatic carbocycles. The molecule has 10 heteroatoms. The van der Waals surface area contributed by atoms with Gasteiger partial charge in [-0.3, -0.25) is 14.4 Å². The molecule has 4 atom stereocenters. The number of carbonyl (C=O) groups excluding carboxylic acids is 3. The van der Waals surface area contributed by atoms with Crippen LogP contribution in [0, 0.1) is 11.3 Å². The quantitative estimate of drug-likeness (QED) is 0.561. The molecule has 0 unspecified atom stereocenters. The van der Waals surface area contributed by atoms with E-state index in [4.69, 9.17) is 15.5 Å². The molecule has 2 amide bonds. The van der Waals surface area contributed by atoms with E-state index in [1.54, 1.807) is 22.3 Å². The summed E-state index contributed by atoms with van der Waals surface area (Å²) >= 11 is 1.60. The Kier molecular flexibility index (Phi) is 7.56. The van der Waals surface area contributed by atoms with Crippen LogP contribution in [0.3, 0.4) is 0 Å². The number of nitrogens with two attached hydrogens (primary N) is 1. The number of hydrogen-bond acceptors (Lipinski definition) is 8. The average molecular weight is 554 g/mol. The van der Waals surface area contributed by atoms with Crippen molar-refractivity contribution in [3.8, 4) is 11.3 Å². The molecule has 210 valence electrons. The minimum absolute atomic E-state index is 0.0345. The van der Waals surface area contributed by atoms with Crippen LogP contribution >= 0.6 is 11.3 Å². The average Bonchev–Trinajstić information content (AvgIpc) is 3.62. The molecule has 39 heavy (non-hydrogen) atoms. The van der Waals surface area contributed by atoms with E-state index < -0.39 is 23.3 Å². The number of likely N-dealkylation sites (N-methyl/N-ethyl adjacent to an activating group) is 1. The fourth-order valence-corrected chi connectivity index (χ4v) is 6.99. The second kappa shape index (κ2) is 10.6. The van der Waals surface area contributed by atoms with Gasteiger partial charge in [-0.05, 0) is 36.6 Å². The molecular formula is C29H39N5O4S. The zero-order valence-corrected chi connectivity index (χ0v) is 24.3. The summed E-state index contributed by atoms with van der Waals surface area (Å²) in [4.78, 5) is 51.0. The molecule has 0 saturated carbocycles. The number of carbonyl (C=O) groups is 3. The summed E-state index contributed by atoms with van der Waals surface area (Å²) in [6.07, 6.45) is 0.412. The summed E-state index contributed by atoms with van der Waals surface area (Å²) < 4.78 is 5.75. The second-order valence-corrected chi connectivity index (χ2v) is 12.7. The van der Waals surface area contributed by atoms with Crippen molar-refractivity contribution >= 4 is 34.1 Å². The van der Waals surface area contributed by atoms with Crippen molar-refractivity contribution in [1.82, 2.24) is 14.8 Å². The first-order valence-electron chi connectivity index (χ1n) is 13.8. The summed E-state index contributed by atoms with van der Waals surface area (Å²) in [5.74, 6) is -1.41. The lowest BCUT2D eigenvalue weighted by molar-refractivity contribution is -0.140. The zero-order chi connectivity index (χ0) is 28.1. The van der Waals surface area contributed by atoms with E-state index in [0.29, 0.717) is 24.1 Å². The number of amides is 2. The van der Waals surface area contributed by atoms with Crippen LogP contribution in [0.1, 0.15) is 56.0 Å². The van der Waals surface area contributed by atoms with Gasteiger partial charge in [0.05, 0.1) is 17.7 Å². The lowest BCUT2D eigenvalue weighted by atomic mass is 9.70. The molecule has 9 nitrogen and oxygen atoms in total. The van der Waals surface area contributed by atoms with Crippen LogP contribution in [0.5, 0.6) is 0 Å². The first-order valence-corrected chi connectivity index (χ1v) is 14.7. The Morgan fingerprint density at radius 1 is 1.23 bits per heavy atom. The fourth-order valence-electron chi connectivity index (χ4n) is 6.10. The molecule has 3 aliphatic rings. The molecule has 0 spiro atoms. The molecule has 5 rings (SSSR count). The van der Waals surface area contributed by atoms with Crippen LogP contribution < -0.4 is 10.6 Å². The van der Waals surface area contributed by atoms with Gasteiger partial charge in [0.25, 0.3) is 0 Å². The third-order valence-corrected chi connectivity index (χ3v) is 9.75. The Morgan fingerprint density at radius 3 is 2.62 bits per heavy atom. The van der Waals surface area contributed by atoms with Crippen molar-refractivity contribution in [2.45, 2.75) is 52.2 Å². The number of ketones is 1. The molecule has 0 radical (unpaired) electrons. The Hall–Kier alpha value is -2.82. The summed E-state index contributed by atoms with van der Waals surface area (Å²) in [6, 6.07) is 4.90. The maximum absolute atomic E-state index is 14.4. The van der Waals surface area contributed by atoms with Gasteiger partial charge in [-0.15, -0.1) is 11.3 Å². The maximum Gasteiger partial charge on any atom is 0.249 e. The number of likely N-dealkylation sites (tertiary alicyclic amines) is 1.